The van der Waals surface area contributed by atoms with Crippen LogP contribution in [-0.2, 0) is 9.53 Å². The fourth-order valence-electron chi connectivity index (χ4n) is 3.12. The summed E-state index contributed by atoms with van der Waals surface area (Å²) in [6.45, 7) is 1.22. The SMILES string of the molecule is COc1ccc(Cl)cc1C(=O)Nc1ccc(C(=O)NCCNC(=O)C2CCCO2)cc1. The Morgan fingerprint density at radius 1 is 1.06 bits per heavy atom. The van der Waals surface area contributed by atoms with E-state index in [0.717, 1.165) is 12.8 Å². The summed E-state index contributed by atoms with van der Waals surface area (Å²) in [5, 5.41) is 8.65. The molecule has 9 heteroatoms. The fourth-order valence-corrected chi connectivity index (χ4v) is 3.30. The van der Waals surface area contributed by atoms with Gasteiger partial charge in [0, 0.05) is 36.0 Å². The third-order valence-electron chi connectivity index (χ3n) is 4.74. The maximum absolute atomic E-state index is 12.5. The van der Waals surface area contributed by atoms with Crippen LogP contribution in [0.25, 0.3) is 0 Å². The van der Waals surface area contributed by atoms with E-state index >= 15 is 0 Å². The Hall–Kier alpha value is -3.10. The average Bonchev–Trinajstić information content (AvgIpc) is 3.32. The second-order valence-electron chi connectivity index (χ2n) is 6.92. The summed E-state index contributed by atoms with van der Waals surface area (Å²) < 4.78 is 10.5. The minimum absolute atomic E-state index is 0.150. The van der Waals surface area contributed by atoms with Gasteiger partial charge in [0.25, 0.3) is 11.8 Å². The molecule has 1 aliphatic heterocycles. The number of methoxy groups -OCH3 is 1. The maximum Gasteiger partial charge on any atom is 0.259 e. The van der Waals surface area contributed by atoms with Crippen molar-refractivity contribution < 1.29 is 23.9 Å². The highest BCUT2D eigenvalue weighted by molar-refractivity contribution is 6.31. The number of carbonyl (C=O) groups excluding carboxylic acids is 3. The third-order valence-corrected chi connectivity index (χ3v) is 4.98. The highest BCUT2D eigenvalue weighted by atomic mass is 35.5. The smallest absolute Gasteiger partial charge is 0.259 e. The van der Waals surface area contributed by atoms with Crippen molar-refractivity contribution in [2.75, 3.05) is 32.1 Å². The molecule has 164 valence electrons. The molecule has 1 unspecified atom stereocenters. The van der Waals surface area contributed by atoms with Crippen LogP contribution in [0.15, 0.2) is 42.5 Å². The van der Waals surface area contributed by atoms with Gasteiger partial charge in [-0.3, -0.25) is 14.4 Å². The van der Waals surface area contributed by atoms with Crippen LogP contribution in [0.1, 0.15) is 33.6 Å². The van der Waals surface area contributed by atoms with E-state index in [1.54, 1.807) is 36.4 Å². The van der Waals surface area contributed by atoms with Crippen LogP contribution in [-0.4, -0.2) is 50.6 Å². The number of rotatable bonds is 8. The summed E-state index contributed by atoms with van der Waals surface area (Å²) in [6, 6.07) is 11.2. The largest absolute Gasteiger partial charge is 0.496 e. The van der Waals surface area contributed by atoms with Crippen molar-refractivity contribution in [1.29, 1.82) is 0 Å². The maximum atomic E-state index is 12.5. The molecule has 0 spiro atoms. The van der Waals surface area contributed by atoms with Crippen molar-refractivity contribution in [3.63, 3.8) is 0 Å². The van der Waals surface area contributed by atoms with Crippen molar-refractivity contribution in [3.8, 4) is 5.75 Å². The second kappa shape index (κ2) is 10.8. The number of hydrogen-bond donors (Lipinski definition) is 3. The summed E-state index contributed by atoms with van der Waals surface area (Å²) in [5.41, 5.74) is 1.26. The molecule has 1 saturated heterocycles. The number of carbonyl (C=O) groups is 3. The first-order chi connectivity index (χ1) is 15.0. The zero-order valence-corrected chi connectivity index (χ0v) is 17.8. The van der Waals surface area contributed by atoms with E-state index in [1.165, 1.54) is 13.2 Å². The van der Waals surface area contributed by atoms with Crippen molar-refractivity contribution in [2.45, 2.75) is 18.9 Å². The molecule has 0 aliphatic carbocycles. The van der Waals surface area contributed by atoms with Gasteiger partial charge in [-0.2, -0.15) is 0 Å². The van der Waals surface area contributed by atoms with Gasteiger partial charge in [-0.05, 0) is 55.3 Å². The Balaban J connectivity index is 1.48. The van der Waals surface area contributed by atoms with Gasteiger partial charge in [-0.1, -0.05) is 11.6 Å². The van der Waals surface area contributed by atoms with Gasteiger partial charge in [0.15, 0.2) is 0 Å². The highest BCUT2D eigenvalue weighted by Gasteiger charge is 2.22. The Morgan fingerprint density at radius 3 is 2.48 bits per heavy atom. The van der Waals surface area contributed by atoms with Crippen LogP contribution in [0.3, 0.4) is 0 Å². The number of anilines is 1. The summed E-state index contributed by atoms with van der Waals surface area (Å²) in [5.74, 6) is -0.396. The number of nitrogens with one attached hydrogen (secondary N) is 3. The molecule has 1 heterocycles. The quantitative estimate of drug-likeness (QED) is 0.542. The van der Waals surface area contributed by atoms with Crippen LogP contribution in [0, 0.1) is 0 Å². The molecule has 3 N–H and O–H groups in total. The minimum Gasteiger partial charge on any atom is -0.496 e. The molecule has 0 radical (unpaired) electrons. The molecule has 2 aromatic rings. The normalized spacial score (nSPS) is 15.2. The van der Waals surface area contributed by atoms with Crippen LogP contribution in [0.5, 0.6) is 5.75 Å². The van der Waals surface area contributed by atoms with Crippen LogP contribution in [0.2, 0.25) is 5.02 Å². The molecule has 1 fully saturated rings. The van der Waals surface area contributed by atoms with Crippen molar-refractivity contribution in [2.24, 2.45) is 0 Å². The van der Waals surface area contributed by atoms with E-state index < -0.39 is 0 Å². The Morgan fingerprint density at radius 2 is 1.81 bits per heavy atom. The lowest BCUT2D eigenvalue weighted by Gasteiger charge is -2.11. The Kier molecular flexibility index (Phi) is 7.86. The zero-order chi connectivity index (χ0) is 22.2. The van der Waals surface area contributed by atoms with Gasteiger partial charge in [-0.25, -0.2) is 0 Å². The Bertz CT molecular complexity index is 943. The van der Waals surface area contributed by atoms with Crippen LogP contribution in [0.4, 0.5) is 5.69 Å². The van der Waals surface area contributed by atoms with E-state index in [2.05, 4.69) is 16.0 Å². The number of ether oxygens (including phenoxy) is 2. The highest BCUT2D eigenvalue weighted by Crippen LogP contribution is 2.24. The van der Waals surface area contributed by atoms with Crippen LogP contribution >= 0.6 is 11.6 Å². The lowest BCUT2D eigenvalue weighted by Crippen LogP contribution is -2.39. The molecule has 31 heavy (non-hydrogen) atoms. The van der Waals surface area contributed by atoms with Gasteiger partial charge in [0.2, 0.25) is 5.91 Å². The van der Waals surface area contributed by atoms with E-state index in [9.17, 15) is 14.4 Å². The topological polar surface area (TPSA) is 106 Å². The predicted octanol–water partition coefficient (Wildman–Crippen LogP) is 2.63. The molecule has 1 aliphatic rings. The predicted molar refractivity (Wildman–Crippen MR) is 117 cm³/mol. The van der Waals surface area contributed by atoms with Crippen molar-refractivity contribution >= 4 is 35.0 Å². The molecular weight excluding hydrogens is 422 g/mol. The lowest BCUT2D eigenvalue weighted by molar-refractivity contribution is -0.129. The zero-order valence-electron chi connectivity index (χ0n) is 17.1. The standard InChI is InChI=1S/C22H24ClN3O5/c1-30-18-9-6-15(23)13-17(18)21(28)26-16-7-4-14(5-8-16)20(27)24-10-11-25-22(29)19-3-2-12-31-19/h4-9,13,19H,2-3,10-12H2,1H3,(H,24,27)(H,25,29)(H,26,28). The van der Waals surface area contributed by atoms with E-state index in [1.807, 2.05) is 0 Å². The first kappa shape index (κ1) is 22.6. The van der Waals surface area contributed by atoms with Gasteiger partial charge in [0.05, 0.1) is 12.7 Å². The van der Waals surface area contributed by atoms with Crippen molar-refractivity contribution in [1.82, 2.24) is 10.6 Å². The second-order valence-corrected chi connectivity index (χ2v) is 7.36. The molecule has 2 aromatic carbocycles. The van der Waals surface area contributed by atoms with Gasteiger partial charge >= 0.3 is 0 Å². The summed E-state index contributed by atoms with van der Waals surface area (Å²) in [7, 11) is 1.47. The van der Waals surface area contributed by atoms with Gasteiger partial charge in [0.1, 0.15) is 11.9 Å². The third kappa shape index (κ3) is 6.19. The monoisotopic (exact) mass is 445 g/mol. The van der Waals surface area contributed by atoms with E-state index in [0.29, 0.717) is 47.3 Å². The lowest BCUT2D eigenvalue weighted by atomic mass is 10.1. The first-order valence-electron chi connectivity index (χ1n) is 9.90. The molecule has 3 rings (SSSR count). The molecule has 1 atom stereocenters. The number of amides is 3. The molecule has 0 bridgehead atoms. The van der Waals surface area contributed by atoms with Gasteiger partial charge in [-0.15, -0.1) is 0 Å². The number of hydrogen-bond acceptors (Lipinski definition) is 5. The van der Waals surface area contributed by atoms with Crippen molar-refractivity contribution in [3.05, 3.63) is 58.6 Å². The molecule has 0 aromatic heterocycles. The van der Waals surface area contributed by atoms with Crippen LogP contribution < -0.4 is 20.7 Å². The molecule has 8 nitrogen and oxygen atoms in total. The fraction of sp³-hybridized carbons (Fsp3) is 0.318. The van der Waals surface area contributed by atoms with E-state index in [4.69, 9.17) is 21.1 Å². The molecule has 0 saturated carbocycles. The summed E-state index contributed by atoms with van der Waals surface area (Å²) in [6.07, 6.45) is 1.23. The molecular formula is C22H24ClN3O5. The summed E-state index contributed by atoms with van der Waals surface area (Å²) >= 11 is 5.97. The summed E-state index contributed by atoms with van der Waals surface area (Å²) in [4.78, 5) is 36.6. The number of halogens is 1. The molecule has 3 amide bonds. The minimum atomic E-state index is -0.384. The van der Waals surface area contributed by atoms with Gasteiger partial charge < -0.3 is 25.4 Å². The number of benzene rings is 2. The average molecular weight is 446 g/mol. The first-order valence-corrected chi connectivity index (χ1v) is 10.3. The Labute approximate surface area is 185 Å². The van der Waals surface area contributed by atoms with E-state index in [-0.39, 0.29) is 23.8 Å².